The number of ether oxygens (including phenoxy) is 2. The lowest BCUT2D eigenvalue weighted by Crippen LogP contribution is -2.54. The van der Waals surface area contributed by atoms with E-state index in [-0.39, 0.29) is 42.2 Å². The van der Waals surface area contributed by atoms with Crippen LogP contribution in [0.2, 0.25) is 0 Å². The van der Waals surface area contributed by atoms with Gasteiger partial charge in [0, 0.05) is 43.7 Å². The SMILES string of the molecule is COCOC1CCN(C(=O)NC(CC(C)C)C(=O)N[C@H](Cc2c[nH]c3ccccc23)c2nc(C(=O)O)c(C)o2)CC1. The molecular weight excluding hydrogens is 530 g/mol. The average molecular weight is 570 g/mol. The molecule has 12 nitrogen and oxygen atoms in total. The van der Waals surface area contributed by atoms with E-state index in [2.05, 4.69) is 20.6 Å². The smallest absolute Gasteiger partial charge is 0.358 e. The number of fused-ring (bicyclic) bond motifs is 1. The summed E-state index contributed by atoms with van der Waals surface area (Å²) in [4.78, 5) is 47.6. The first-order valence-electron chi connectivity index (χ1n) is 13.9. The van der Waals surface area contributed by atoms with E-state index < -0.39 is 24.0 Å². The molecule has 0 radical (unpaired) electrons. The second kappa shape index (κ2) is 13.6. The summed E-state index contributed by atoms with van der Waals surface area (Å²) < 4.78 is 16.3. The number of carbonyl (C=O) groups is 3. The Bertz CT molecular complexity index is 1340. The summed E-state index contributed by atoms with van der Waals surface area (Å²) in [5, 5.41) is 16.4. The molecule has 2 aromatic heterocycles. The van der Waals surface area contributed by atoms with Crippen molar-refractivity contribution in [2.24, 2.45) is 5.92 Å². The van der Waals surface area contributed by atoms with Crippen LogP contribution in [0.15, 0.2) is 34.9 Å². The zero-order valence-corrected chi connectivity index (χ0v) is 23.9. The summed E-state index contributed by atoms with van der Waals surface area (Å²) in [5.74, 6) is -1.25. The minimum atomic E-state index is -1.21. The first-order chi connectivity index (χ1) is 19.7. The van der Waals surface area contributed by atoms with Gasteiger partial charge in [0.25, 0.3) is 0 Å². The zero-order chi connectivity index (χ0) is 29.5. The Morgan fingerprint density at radius 2 is 1.93 bits per heavy atom. The van der Waals surface area contributed by atoms with E-state index in [0.717, 1.165) is 16.5 Å². The lowest BCUT2D eigenvalue weighted by molar-refractivity contribution is -0.124. The van der Waals surface area contributed by atoms with Gasteiger partial charge in [-0.25, -0.2) is 14.6 Å². The molecule has 1 unspecified atom stereocenters. The molecule has 4 N–H and O–H groups in total. The number of oxazole rings is 1. The normalized spacial score (nSPS) is 15.7. The number of aromatic carboxylic acids is 1. The summed E-state index contributed by atoms with van der Waals surface area (Å²) in [6, 6.07) is 5.86. The Labute approximate surface area is 238 Å². The van der Waals surface area contributed by atoms with Gasteiger partial charge in [0.2, 0.25) is 11.8 Å². The predicted octanol–water partition coefficient (Wildman–Crippen LogP) is 3.77. The lowest BCUT2D eigenvalue weighted by atomic mass is 10.0. The maximum absolute atomic E-state index is 13.7. The van der Waals surface area contributed by atoms with Gasteiger partial charge < -0.3 is 39.5 Å². The third-order valence-electron chi connectivity index (χ3n) is 7.20. The van der Waals surface area contributed by atoms with Crippen molar-refractivity contribution < 1.29 is 33.4 Å². The number of carboxylic acids is 1. The van der Waals surface area contributed by atoms with Crippen molar-refractivity contribution in [2.75, 3.05) is 27.0 Å². The van der Waals surface area contributed by atoms with Gasteiger partial charge in [-0.15, -0.1) is 0 Å². The number of aromatic nitrogens is 2. The number of carboxylic acid groups (broad SMARTS) is 1. The highest BCUT2D eigenvalue weighted by Gasteiger charge is 2.31. The first kappa shape index (κ1) is 30.1. The van der Waals surface area contributed by atoms with Crippen molar-refractivity contribution in [2.45, 2.75) is 64.6 Å². The molecule has 4 rings (SSSR count). The monoisotopic (exact) mass is 569 g/mol. The molecule has 1 aliphatic rings. The molecule has 3 aromatic rings. The lowest BCUT2D eigenvalue weighted by Gasteiger charge is -2.33. The number of hydrogen-bond acceptors (Lipinski definition) is 7. The number of urea groups is 1. The van der Waals surface area contributed by atoms with Crippen LogP contribution >= 0.6 is 0 Å². The molecule has 1 aliphatic heterocycles. The molecule has 222 valence electrons. The Balaban J connectivity index is 1.52. The van der Waals surface area contributed by atoms with Crippen molar-refractivity contribution in [3.8, 4) is 0 Å². The van der Waals surface area contributed by atoms with E-state index in [1.807, 2.05) is 44.3 Å². The molecule has 2 atom stereocenters. The van der Waals surface area contributed by atoms with Crippen molar-refractivity contribution >= 4 is 28.8 Å². The molecule has 0 saturated carbocycles. The number of methoxy groups -OCH3 is 1. The van der Waals surface area contributed by atoms with Crippen LogP contribution in [0.3, 0.4) is 0 Å². The number of piperidine rings is 1. The molecule has 41 heavy (non-hydrogen) atoms. The number of H-pyrrole nitrogens is 1. The fourth-order valence-corrected chi connectivity index (χ4v) is 5.09. The van der Waals surface area contributed by atoms with Crippen LogP contribution in [-0.2, 0) is 20.7 Å². The maximum atomic E-state index is 13.7. The number of nitrogens with one attached hydrogen (secondary N) is 3. The molecule has 1 saturated heterocycles. The van der Waals surface area contributed by atoms with Crippen molar-refractivity contribution in [1.29, 1.82) is 0 Å². The van der Waals surface area contributed by atoms with Gasteiger partial charge in [0.05, 0.1) is 6.10 Å². The van der Waals surface area contributed by atoms with Crippen LogP contribution in [0.1, 0.15) is 66.9 Å². The summed E-state index contributed by atoms with van der Waals surface area (Å²) in [5.41, 5.74) is 1.63. The topological polar surface area (TPSA) is 159 Å². The number of para-hydroxylation sites is 1. The molecule has 0 bridgehead atoms. The second-order valence-corrected chi connectivity index (χ2v) is 10.8. The van der Waals surface area contributed by atoms with E-state index in [9.17, 15) is 19.5 Å². The van der Waals surface area contributed by atoms with E-state index in [0.29, 0.717) is 38.8 Å². The number of rotatable bonds is 12. The molecule has 1 aromatic carbocycles. The van der Waals surface area contributed by atoms with Crippen LogP contribution in [0, 0.1) is 12.8 Å². The standard InChI is InChI=1S/C29H39N5O7/c1-17(2)13-23(32-29(38)34-11-9-20(10-12-34)40-16-39-4)26(35)31-24(27-33-25(28(36)37)18(3)41-27)14-19-15-30-22-8-6-5-7-21(19)22/h5-8,15,17,20,23-24,30H,9-14,16H2,1-4H3,(H,31,35)(H,32,38)(H,36,37)/t23?,24-/m1/s1. The van der Waals surface area contributed by atoms with Crippen LogP contribution < -0.4 is 10.6 Å². The molecule has 3 amide bonds. The summed E-state index contributed by atoms with van der Waals surface area (Å²) in [7, 11) is 1.57. The average Bonchev–Trinajstić information content (AvgIpc) is 3.54. The number of nitrogens with zero attached hydrogens (tertiary/aromatic N) is 2. The fourth-order valence-electron chi connectivity index (χ4n) is 5.09. The van der Waals surface area contributed by atoms with Crippen LogP contribution in [-0.4, -0.2) is 77.0 Å². The fraction of sp³-hybridized carbons (Fsp3) is 0.517. The van der Waals surface area contributed by atoms with Gasteiger partial charge in [-0.1, -0.05) is 32.0 Å². The Morgan fingerprint density at radius 1 is 1.20 bits per heavy atom. The Kier molecular flexibility index (Phi) is 10.0. The number of likely N-dealkylation sites (tertiary alicyclic amines) is 1. The summed E-state index contributed by atoms with van der Waals surface area (Å²) in [6.07, 6.45) is 3.95. The van der Waals surface area contributed by atoms with Crippen molar-refractivity contribution in [1.82, 2.24) is 25.5 Å². The Hall–Kier alpha value is -3.90. The second-order valence-electron chi connectivity index (χ2n) is 10.8. The minimum absolute atomic E-state index is 0.0268. The van der Waals surface area contributed by atoms with E-state index in [4.69, 9.17) is 13.9 Å². The predicted molar refractivity (Wildman–Crippen MR) is 150 cm³/mol. The number of hydrogen-bond donors (Lipinski definition) is 4. The van der Waals surface area contributed by atoms with Crippen LogP contribution in [0.4, 0.5) is 4.79 Å². The quantitative estimate of drug-likeness (QED) is 0.240. The highest BCUT2D eigenvalue weighted by molar-refractivity contribution is 5.88. The molecule has 3 heterocycles. The number of carbonyl (C=O) groups excluding carboxylic acids is 2. The van der Waals surface area contributed by atoms with Crippen LogP contribution in [0.25, 0.3) is 10.9 Å². The number of benzene rings is 1. The highest BCUT2D eigenvalue weighted by Crippen LogP contribution is 2.26. The minimum Gasteiger partial charge on any atom is -0.476 e. The Morgan fingerprint density at radius 3 is 2.59 bits per heavy atom. The van der Waals surface area contributed by atoms with Gasteiger partial charge in [-0.05, 0) is 43.7 Å². The number of amides is 3. The number of aromatic amines is 1. The van der Waals surface area contributed by atoms with E-state index in [1.165, 1.54) is 6.92 Å². The third kappa shape index (κ3) is 7.65. The molecule has 12 heteroatoms. The van der Waals surface area contributed by atoms with Gasteiger partial charge in [-0.3, -0.25) is 4.79 Å². The third-order valence-corrected chi connectivity index (χ3v) is 7.20. The highest BCUT2D eigenvalue weighted by atomic mass is 16.7. The van der Waals surface area contributed by atoms with E-state index in [1.54, 1.807) is 12.0 Å². The largest absolute Gasteiger partial charge is 0.476 e. The van der Waals surface area contributed by atoms with Gasteiger partial charge in [0.15, 0.2) is 5.69 Å². The maximum Gasteiger partial charge on any atom is 0.358 e. The molecular formula is C29H39N5O7. The van der Waals surface area contributed by atoms with Gasteiger partial charge >= 0.3 is 12.0 Å². The number of aryl methyl sites for hydroxylation is 1. The van der Waals surface area contributed by atoms with Gasteiger partial charge in [-0.2, -0.15) is 0 Å². The molecule has 1 fully saturated rings. The van der Waals surface area contributed by atoms with Crippen molar-refractivity contribution in [3.63, 3.8) is 0 Å². The summed E-state index contributed by atoms with van der Waals surface area (Å²) in [6.45, 7) is 6.71. The molecule has 0 spiro atoms. The van der Waals surface area contributed by atoms with E-state index >= 15 is 0 Å². The molecule has 0 aliphatic carbocycles. The van der Waals surface area contributed by atoms with Gasteiger partial charge in [0.1, 0.15) is 24.6 Å². The summed E-state index contributed by atoms with van der Waals surface area (Å²) >= 11 is 0. The first-order valence-corrected chi connectivity index (χ1v) is 13.9. The zero-order valence-electron chi connectivity index (χ0n) is 23.9. The van der Waals surface area contributed by atoms with Crippen molar-refractivity contribution in [3.05, 3.63) is 53.4 Å². The van der Waals surface area contributed by atoms with Crippen LogP contribution in [0.5, 0.6) is 0 Å².